The molecular weight excluding hydrogens is 386 g/mol. The van der Waals surface area contributed by atoms with Gasteiger partial charge in [-0.3, -0.25) is 4.79 Å². The third kappa shape index (κ3) is 5.22. The Morgan fingerprint density at radius 1 is 1.19 bits per heavy atom. The number of carbonyl (C=O) groups excluding carboxylic acids is 1. The molecule has 27 heavy (non-hydrogen) atoms. The molecule has 0 bridgehead atoms. The molecule has 0 radical (unpaired) electrons. The Hall–Kier alpha value is -1.15. The maximum atomic E-state index is 12.8. The van der Waals surface area contributed by atoms with E-state index in [1.807, 2.05) is 0 Å². The van der Waals surface area contributed by atoms with E-state index < -0.39 is 10.0 Å². The molecule has 2 aliphatic rings. The molecule has 2 fully saturated rings. The number of aryl methyl sites for hydroxylation is 1. The summed E-state index contributed by atoms with van der Waals surface area (Å²) in [6.07, 6.45) is 5.69. The third-order valence-corrected chi connectivity index (χ3v) is 7.30. The Morgan fingerprint density at radius 2 is 1.81 bits per heavy atom. The summed E-state index contributed by atoms with van der Waals surface area (Å²) in [7, 11) is -3.61. The van der Waals surface area contributed by atoms with Crippen molar-refractivity contribution in [1.82, 2.24) is 9.62 Å². The van der Waals surface area contributed by atoms with Crippen molar-refractivity contribution in [2.45, 2.75) is 56.4 Å². The van der Waals surface area contributed by atoms with Crippen LogP contribution in [0.15, 0.2) is 23.1 Å². The number of carbonyl (C=O) groups is 1. The smallest absolute Gasteiger partial charge is 0.253 e. The number of sulfonamides is 1. The molecule has 1 heterocycles. The van der Waals surface area contributed by atoms with Gasteiger partial charge in [-0.2, -0.15) is 0 Å². The van der Waals surface area contributed by atoms with Crippen LogP contribution in [0.1, 0.15) is 54.4 Å². The van der Waals surface area contributed by atoms with Crippen LogP contribution in [0.4, 0.5) is 0 Å². The molecule has 8 heteroatoms. The monoisotopic (exact) mass is 415 g/mol. The second-order valence-electron chi connectivity index (χ2n) is 7.55. The topological polar surface area (TPSA) is 92.5 Å². The number of nitrogens with zero attached hydrogens (tertiary/aromatic N) is 1. The van der Waals surface area contributed by atoms with E-state index in [2.05, 4.69) is 4.72 Å². The van der Waals surface area contributed by atoms with Crippen LogP contribution in [0.25, 0.3) is 0 Å². The van der Waals surface area contributed by atoms with Gasteiger partial charge in [0, 0.05) is 24.7 Å². The Morgan fingerprint density at radius 3 is 2.41 bits per heavy atom. The third-order valence-electron chi connectivity index (χ3n) is 5.64. The van der Waals surface area contributed by atoms with E-state index in [4.69, 9.17) is 5.73 Å². The Kier molecular flexibility index (Phi) is 7.68. The highest BCUT2D eigenvalue weighted by molar-refractivity contribution is 7.89. The van der Waals surface area contributed by atoms with Crippen molar-refractivity contribution in [3.63, 3.8) is 0 Å². The van der Waals surface area contributed by atoms with E-state index in [0.717, 1.165) is 38.5 Å². The van der Waals surface area contributed by atoms with Gasteiger partial charge in [-0.25, -0.2) is 13.1 Å². The summed E-state index contributed by atoms with van der Waals surface area (Å²) in [5.41, 5.74) is 6.81. The van der Waals surface area contributed by atoms with Gasteiger partial charge in [-0.1, -0.05) is 18.9 Å². The summed E-state index contributed by atoms with van der Waals surface area (Å²) in [5, 5.41) is 0. The maximum Gasteiger partial charge on any atom is 0.253 e. The van der Waals surface area contributed by atoms with Gasteiger partial charge in [0.2, 0.25) is 10.0 Å². The van der Waals surface area contributed by atoms with Gasteiger partial charge in [0.15, 0.2) is 0 Å². The van der Waals surface area contributed by atoms with Crippen LogP contribution in [0, 0.1) is 12.8 Å². The van der Waals surface area contributed by atoms with Gasteiger partial charge < -0.3 is 10.6 Å². The minimum atomic E-state index is -3.61. The lowest BCUT2D eigenvalue weighted by molar-refractivity contribution is 0.0693. The first-order valence-electron chi connectivity index (χ1n) is 9.53. The molecule has 0 atom stereocenters. The van der Waals surface area contributed by atoms with E-state index in [1.54, 1.807) is 24.0 Å². The van der Waals surface area contributed by atoms with Gasteiger partial charge in [-0.05, 0) is 62.8 Å². The average molecular weight is 416 g/mol. The van der Waals surface area contributed by atoms with Crippen LogP contribution in [0.2, 0.25) is 0 Å². The first-order valence-corrected chi connectivity index (χ1v) is 11.0. The quantitative estimate of drug-likeness (QED) is 0.772. The summed E-state index contributed by atoms with van der Waals surface area (Å²) in [6.45, 7) is 3.78. The number of likely N-dealkylation sites (tertiary alicyclic amines) is 1. The molecule has 1 saturated heterocycles. The summed E-state index contributed by atoms with van der Waals surface area (Å²) in [6, 6.07) is 4.99. The molecule has 0 spiro atoms. The number of hydrogen-bond acceptors (Lipinski definition) is 4. The highest BCUT2D eigenvalue weighted by Crippen LogP contribution is 2.24. The van der Waals surface area contributed by atoms with Crippen molar-refractivity contribution in [3.05, 3.63) is 29.3 Å². The number of benzene rings is 1. The molecule has 152 valence electrons. The summed E-state index contributed by atoms with van der Waals surface area (Å²) in [4.78, 5) is 14.8. The summed E-state index contributed by atoms with van der Waals surface area (Å²) < 4.78 is 28.4. The highest BCUT2D eigenvalue weighted by atomic mass is 35.5. The number of halogens is 1. The predicted octanol–water partition coefficient (Wildman–Crippen LogP) is 2.45. The first kappa shape index (κ1) is 22.1. The van der Waals surface area contributed by atoms with Gasteiger partial charge in [0.05, 0.1) is 4.90 Å². The molecule has 1 saturated carbocycles. The fourth-order valence-corrected chi connectivity index (χ4v) is 5.48. The molecule has 6 nitrogen and oxygen atoms in total. The molecule has 3 N–H and O–H groups in total. The van der Waals surface area contributed by atoms with Crippen LogP contribution in [0.3, 0.4) is 0 Å². The van der Waals surface area contributed by atoms with Crippen LogP contribution in [0.5, 0.6) is 0 Å². The lowest BCUT2D eigenvalue weighted by Gasteiger charge is -2.31. The maximum absolute atomic E-state index is 12.8. The minimum absolute atomic E-state index is 0. The van der Waals surface area contributed by atoms with Crippen molar-refractivity contribution in [1.29, 1.82) is 0 Å². The Bertz CT molecular complexity index is 755. The lowest BCUT2D eigenvalue weighted by atomic mass is 9.96. The average Bonchev–Trinajstić information content (AvgIpc) is 3.13. The fraction of sp³-hybridized carbons (Fsp3) is 0.632. The lowest BCUT2D eigenvalue weighted by Crippen LogP contribution is -2.40. The normalized spacial score (nSPS) is 19.1. The molecule has 0 unspecified atom stereocenters. The number of rotatable bonds is 5. The minimum Gasteiger partial charge on any atom is -0.339 e. The van der Waals surface area contributed by atoms with Crippen molar-refractivity contribution < 1.29 is 13.2 Å². The molecule has 3 rings (SSSR count). The van der Waals surface area contributed by atoms with E-state index >= 15 is 0 Å². The molecule has 1 aromatic carbocycles. The van der Waals surface area contributed by atoms with Gasteiger partial charge in [0.25, 0.3) is 5.91 Å². The standard InChI is InChI=1S/C19H29N3O3S.ClH/c1-14-6-7-16(19(23)22-10-8-15(13-20)9-11-22)12-18(14)26(24,25)21-17-4-2-3-5-17;/h6-7,12,15,17,21H,2-5,8-11,13,20H2,1H3;1H. The van der Waals surface area contributed by atoms with Gasteiger partial charge in [-0.15, -0.1) is 12.4 Å². The zero-order valence-corrected chi connectivity index (χ0v) is 17.4. The molecule has 1 aromatic rings. The zero-order chi connectivity index (χ0) is 18.7. The van der Waals surface area contributed by atoms with Gasteiger partial charge in [0.1, 0.15) is 0 Å². The van der Waals surface area contributed by atoms with E-state index in [-0.39, 0.29) is 29.3 Å². The SMILES string of the molecule is Cc1ccc(C(=O)N2CCC(CN)CC2)cc1S(=O)(=O)NC1CCCC1.Cl. The van der Waals surface area contributed by atoms with Crippen molar-refractivity contribution in [2.75, 3.05) is 19.6 Å². The van der Waals surface area contributed by atoms with Crippen LogP contribution in [-0.2, 0) is 10.0 Å². The van der Waals surface area contributed by atoms with E-state index in [1.165, 1.54) is 6.07 Å². The van der Waals surface area contributed by atoms with Crippen molar-refractivity contribution >= 4 is 28.3 Å². The van der Waals surface area contributed by atoms with Crippen molar-refractivity contribution in [3.8, 4) is 0 Å². The molecular formula is C19H30ClN3O3S. The Labute approximate surface area is 168 Å². The first-order chi connectivity index (χ1) is 12.4. The molecule has 1 aliphatic carbocycles. The second-order valence-corrected chi connectivity index (χ2v) is 9.24. The van der Waals surface area contributed by atoms with Crippen LogP contribution in [-0.4, -0.2) is 44.9 Å². The summed E-state index contributed by atoms with van der Waals surface area (Å²) >= 11 is 0. The largest absolute Gasteiger partial charge is 0.339 e. The molecule has 1 amide bonds. The number of nitrogens with one attached hydrogen (secondary N) is 1. The molecule has 1 aliphatic heterocycles. The highest BCUT2D eigenvalue weighted by Gasteiger charge is 2.27. The number of piperidine rings is 1. The number of nitrogens with two attached hydrogens (primary N) is 1. The van der Waals surface area contributed by atoms with Crippen LogP contribution < -0.4 is 10.5 Å². The predicted molar refractivity (Wildman–Crippen MR) is 109 cm³/mol. The van der Waals surface area contributed by atoms with E-state index in [9.17, 15) is 13.2 Å². The van der Waals surface area contributed by atoms with E-state index in [0.29, 0.717) is 36.7 Å². The van der Waals surface area contributed by atoms with Crippen molar-refractivity contribution in [2.24, 2.45) is 11.7 Å². The van der Waals surface area contributed by atoms with Crippen LogP contribution >= 0.6 is 12.4 Å². The number of amides is 1. The fourth-order valence-electron chi connectivity index (χ4n) is 3.90. The van der Waals surface area contributed by atoms with Gasteiger partial charge >= 0.3 is 0 Å². The number of hydrogen-bond donors (Lipinski definition) is 2. The molecule has 0 aromatic heterocycles. The second kappa shape index (κ2) is 9.37. The summed E-state index contributed by atoms with van der Waals surface area (Å²) in [5.74, 6) is 0.376. The zero-order valence-electron chi connectivity index (χ0n) is 15.8. The Balaban J connectivity index is 0.00000261.